The van der Waals surface area contributed by atoms with Crippen molar-refractivity contribution in [2.75, 3.05) is 21.3 Å². The number of aromatic nitrogens is 1. The second-order valence-corrected chi connectivity index (χ2v) is 2.81. The molecule has 1 aromatic rings. The number of hydrogen-bond donors (Lipinski definition) is 0. The average molecular weight is 211 g/mol. The van der Waals surface area contributed by atoms with E-state index >= 15 is 0 Å². The summed E-state index contributed by atoms with van der Waals surface area (Å²) in [6.45, 7) is 1.41. The molecule has 0 saturated heterocycles. The predicted molar refractivity (Wildman–Crippen MR) is 53.9 cm³/mol. The first-order chi connectivity index (χ1) is 7.13. The molecule has 0 bridgehead atoms. The van der Waals surface area contributed by atoms with Gasteiger partial charge in [-0.25, -0.2) is 4.98 Å². The van der Waals surface area contributed by atoms with Crippen molar-refractivity contribution in [2.24, 2.45) is 0 Å². The Labute approximate surface area is 88.0 Å². The summed E-state index contributed by atoms with van der Waals surface area (Å²) in [5.74, 6) is 0.885. The average Bonchev–Trinajstić information content (AvgIpc) is 2.26. The van der Waals surface area contributed by atoms with Gasteiger partial charge < -0.3 is 14.2 Å². The van der Waals surface area contributed by atoms with Gasteiger partial charge in [-0.15, -0.1) is 0 Å². The smallest absolute Gasteiger partial charge is 0.257 e. The molecule has 1 aromatic heterocycles. The van der Waals surface area contributed by atoms with Crippen LogP contribution in [-0.2, 0) is 0 Å². The van der Waals surface area contributed by atoms with Crippen LogP contribution in [0.3, 0.4) is 0 Å². The summed E-state index contributed by atoms with van der Waals surface area (Å²) < 4.78 is 15.0. The SMILES string of the molecule is COc1cc(OC)c(C(C)=O)nc1OC. The molecule has 15 heavy (non-hydrogen) atoms. The first-order valence-corrected chi connectivity index (χ1v) is 4.32. The maximum atomic E-state index is 11.3. The number of hydrogen-bond acceptors (Lipinski definition) is 5. The molecule has 0 atom stereocenters. The third-order valence-electron chi connectivity index (χ3n) is 1.89. The van der Waals surface area contributed by atoms with E-state index in [0.29, 0.717) is 11.5 Å². The van der Waals surface area contributed by atoms with Gasteiger partial charge in [0.15, 0.2) is 23.0 Å². The number of carbonyl (C=O) groups excluding carboxylic acids is 1. The number of ether oxygens (including phenoxy) is 3. The van der Waals surface area contributed by atoms with Gasteiger partial charge in [0, 0.05) is 13.0 Å². The third kappa shape index (κ3) is 2.18. The second-order valence-electron chi connectivity index (χ2n) is 2.81. The highest BCUT2D eigenvalue weighted by Crippen LogP contribution is 2.31. The van der Waals surface area contributed by atoms with Crippen molar-refractivity contribution in [3.05, 3.63) is 11.8 Å². The van der Waals surface area contributed by atoms with Crippen LogP contribution in [0.15, 0.2) is 6.07 Å². The Bertz CT molecular complexity index is 376. The van der Waals surface area contributed by atoms with Gasteiger partial charge in [-0.2, -0.15) is 0 Å². The molecule has 5 heteroatoms. The Kier molecular flexibility index (Phi) is 3.49. The number of carbonyl (C=O) groups is 1. The molecule has 0 spiro atoms. The molecule has 0 radical (unpaired) electrons. The fraction of sp³-hybridized carbons (Fsp3) is 0.400. The summed E-state index contributed by atoms with van der Waals surface area (Å²) in [4.78, 5) is 15.3. The van der Waals surface area contributed by atoms with Crippen molar-refractivity contribution >= 4 is 5.78 Å². The molecule has 82 valence electrons. The van der Waals surface area contributed by atoms with Gasteiger partial charge in [-0.1, -0.05) is 0 Å². The van der Waals surface area contributed by atoms with E-state index in [2.05, 4.69) is 4.98 Å². The van der Waals surface area contributed by atoms with Crippen molar-refractivity contribution in [1.82, 2.24) is 4.98 Å². The first-order valence-electron chi connectivity index (χ1n) is 4.32. The molecule has 0 N–H and O–H groups in total. The lowest BCUT2D eigenvalue weighted by atomic mass is 10.2. The van der Waals surface area contributed by atoms with Crippen molar-refractivity contribution in [3.63, 3.8) is 0 Å². The lowest BCUT2D eigenvalue weighted by Gasteiger charge is -2.10. The molecule has 0 amide bonds. The first kappa shape index (κ1) is 11.3. The Morgan fingerprint density at radius 2 is 1.73 bits per heavy atom. The number of pyridine rings is 1. The van der Waals surface area contributed by atoms with Crippen LogP contribution in [0.25, 0.3) is 0 Å². The van der Waals surface area contributed by atoms with Gasteiger partial charge in [0.2, 0.25) is 0 Å². The van der Waals surface area contributed by atoms with Crippen LogP contribution in [0.1, 0.15) is 17.4 Å². The summed E-state index contributed by atoms with van der Waals surface area (Å²) >= 11 is 0. The minimum atomic E-state index is -0.187. The van der Waals surface area contributed by atoms with Crippen LogP contribution in [0, 0.1) is 0 Å². The van der Waals surface area contributed by atoms with Gasteiger partial charge in [0.25, 0.3) is 5.88 Å². The van der Waals surface area contributed by atoms with E-state index < -0.39 is 0 Å². The van der Waals surface area contributed by atoms with E-state index in [1.54, 1.807) is 6.07 Å². The summed E-state index contributed by atoms with van der Waals surface area (Å²) in [6.07, 6.45) is 0. The molecule has 0 unspecified atom stereocenters. The molecule has 0 aliphatic carbocycles. The van der Waals surface area contributed by atoms with E-state index in [1.807, 2.05) is 0 Å². The van der Waals surface area contributed by atoms with Crippen LogP contribution in [-0.4, -0.2) is 32.1 Å². The van der Waals surface area contributed by atoms with Gasteiger partial charge in [-0.05, 0) is 0 Å². The van der Waals surface area contributed by atoms with Crippen LogP contribution in [0.5, 0.6) is 17.4 Å². The normalized spacial score (nSPS) is 9.60. The molecule has 1 heterocycles. The van der Waals surface area contributed by atoms with E-state index in [-0.39, 0.29) is 17.4 Å². The number of Topliss-reactive ketones (excluding diaryl/α,β-unsaturated/α-hetero) is 1. The Morgan fingerprint density at radius 3 is 2.13 bits per heavy atom. The minimum Gasteiger partial charge on any atom is -0.494 e. The number of rotatable bonds is 4. The van der Waals surface area contributed by atoms with Crippen LogP contribution in [0.4, 0.5) is 0 Å². The fourth-order valence-electron chi connectivity index (χ4n) is 1.16. The summed E-state index contributed by atoms with van der Waals surface area (Å²) in [6, 6.07) is 1.57. The van der Waals surface area contributed by atoms with E-state index in [4.69, 9.17) is 14.2 Å². The number of nitrogens with zero attached hydrogens (tertiary/aromatic N) is 1. The van der Waals surface area contributed by atoms with Crippen LogP contribution >= 0.6 is 0 Å². The van der Waals surface area contributed by atoms with Crippen molar-refractivity contribution in [1.29, 1.82) is 0 Å². The summed E-state index contributed by atoms with van der Waals surface area (Å²) in [7, 11) is 4.42. The number of ketones is 1. The molecule has 0 saturated carbocycles. The molecule has 1 rings (SSSR count). The van der Waals surface area contributed by atoms with Gasteiger partial charge in [0.05, 0.1) is 21.3 Å². The molecular weight excluding hydrogens is 198 g/mol. The van der Waals surface area contributed by atoms with Crippen molar-refractivity contribution in [2.45, 2.75) is 6.92 Å². The summed E-state index contributed by atoms with van der Waals surface area (Å²) in [5.41, 5.74) is 0.232. The molecule has 5 nitrogen and oxygen atoms in total. The van der Waals surface area contributed by atoms with Crippen LogP contribution in [0.2, 0.25) is 0 Å². The summed E-state index contributed by atoms with van der Waals surface area (Å²) in [5, 5.41) is 0. The van der Waals surface area contributed by atoms with E-state index in [9.17, 15) is 4.79 Å². The zero-order chi connectivity index (χ0) is 11.4. The van der Waals surface area contributed by atoms with E-state index in [1.165, 1.54) is 28.3 Å². The van der Waals surface area contributed by atoms with Crippen molar-refractivity contribution < 1.29 is 19.0 Å². The van der Waals surface area contributed by atoms with Gasteiger partial charge >= 0.3 is 0 Å². The minimum absolute atomic E-state index is 0.187. The maximum absolute atomic E-state index is 11.3. The maximum Gasteiger partial charge on any atom is 0.257 e. The highest BCUT2D eigenvalue weighted by atomic mass is 16.5. The van der Waals surface area contributed by atoms with E-state index in [0.717, 1.165) is 0 Å². The second kappa shape index (κ2) is 4.63. The lowest BCUT2D eigenvalue weighted by Crippen LogP contribution is -2.04. The predicted octanol–water partition coefficient (Wildman–Crippen LogP) is 1.31. The monoisotopic (exact) mass is 211 g/mol. The van der Waals surface area contributed by atoms with Gasteiger partial charge in [-0.3, -0.25) is 4.79 Å². The molecule has 0 fully saturated rings. The Morgan fingerprint density at radius 1 is 1.13 bits per heavy atom. The molecular formula is C10H13NO4. The number of methoxy groups -OCH3 is 3. The lowest BCUT2D eigenvalue weighted by molar-refractivity contribution is 0.100. The largest absolute Gasteiger partial charge is 0.494 e. The molecule has 0 aromatic carbocycles. The molecule has 0 aliphatic heterocycles. The zero-order valence-electron chi connectivity index (χ0n) is 9.16. The highest BCUT2D eigenvalue weighted by Gasteiger charge is 2.16. The highest BCUT2D eigenvalue weighted by molar-refractivity contribution is 5.95. The Hall–Kier alpha value is -1.78. The quantitative estimate of drug-likeness (QED) is 0.703. The topological polar surface area (TPSA) is 57.7 Å². The zero-order valence-corrected chi connectivity index (χ0v) is 9.16. The third-order valence-corrected chi connectivity index (χ3v) is 1.89. The molecule has 0 aliphatic rings. The fourth-order valence-corrected chi connectivity index (χ4v) is 1.16. The van der Waals surface area contributed by atoms with Crippen molar-refractivity contribution in [3.8, 4) is 17.4 Å². The Balaban J connectivity index is 3.34. The van der Waals surface area contributed by atoms with Gasteiger partial charge in [0.1, 0.15) is 0 Å². The standard InChI is InChI=1S/C10H13NO4/c1-6(12)9-7(13-2)5-8(14-3)10(11-9)15-4/h5H,1-4H3. The van der Waals surface area contributed by atoms with Crippen LogP contribution < -0.4 is 14.2 Å².